The monoisotopic (exact) mass is 370 g/mol. The van der Waals surface area contributed by atoms with Crippen LogP contribution in [0, 0.1) is 5.92 Å². The van der Waals surface area contributed by atoms with Gasteiger partial charge in [0.2, 0.25) is 0 Å². The Bertz CT molecular complexity index is 935. The Hall–Kier alpha value is -3.20. The van der Waals surface area contributed by atoms with Gasteiger partial charge in [0.05, 0.1) is 0 Å². The molecule has 0 heterocycles. The molecule has 28 heavy (non-hydrogen) atoms. The third-order valence-electron chi connectivity index (χ3n) is 5.45. The molecule has 1 fully saturated rings. The first-order valence-electron chi connectivity index (χ1n) is 9.57. The van der Waals surface area contributed by atoms with Crippen LogP contribution in [0.25, 0.3) is 0 Å². The molecule has 140 valence electrons. The van der Waals surface area contributed by atoms with Crippen molar-refractivity contribution >= 4 is 11.8 Å². The average molecular weight is 370 g/mol. The highest BCUT2D eigenvalue weighted by Crippen LogP contribution is 2.48. The fourth-order valence-electron chi connectivity index (χ4n) is 4.13. The molecule has 3 aromatic carbocycles. The van der Waals surface area contributed by atoms with Crippen LogP contribution in [-0.2, 0) is 20.9 Å². The SMILES string of the molecule is O=C1C[C@@H](c2ccccc2)[C@@H](c2ccccc2)[C@@H]1C(=O)OCc1ccccc1. The number of ether oxygens (including phenoxy) is 1. The zero-order valence-corrected chi connectivity index (χ0v) is 15.5. The molecule has 0 aromatic heterocycles. The van der Waals surface area contributed by atoms with Crippen LogP contribution in [0.4, 0.5) is 0 Å². The normalized spacial score (nSPS) is 21.4. The van der Waals surface area contributed by atoms with E-state index in [9.17, 15) is 9.59 Å². The molecule has 3 nitrogen and oxygen atoms in total. The van der Waals surface area contributed by atoms with E-state index in [2.05, 4.69) is 0 Å². The van der Waals surface area contributed by atoms with Gasteiger partial charge in [-0.15, -0.1) is 0 Å². The highest BCUT2D eigenvalue weighted by Gasteiger charge is 2.48. The lowest BCUT2D eigenvalue weighted by molar-refractivity contribution is -0.152. The second kappa shape index (κ2) is 8.22. The quantitative estimate of drug-likeness (QED) is 0.475. The first-order valence-corrected chi connectivity index (χ1v) is 9.57. The number of hydrogen-bond acceptors (Lipinski definition) is 3. The lowest BCUT2D eigenvalue weighted by atomic mass is 9.80. The molecule has 0 aliphatic heterocycles. The molecule has 4 rings (SSSR count). The Balaban J connectivity index is 1.62. The molecule has 0 amide bonds. The van der Waals surface area contributed by atoms with Gasteiger partial charge in [-0.05, 0) is 22.6 Å². The maximum absolute atomic E-state index is 12.9. The summed E-state index contributed by atoms with van der Waals surface area (Å²) in [6.45, 7) is 0.182. The zero-order valence-electron chi connectivity index (χ0n) is 15.5. The first kappa shape index (κ1) is 18.2. The van der Waals surface area contributed by atoms with Crippen molar-refractivity contribution in [2.24, 2.45) is 5.92 Å². The molecular weight excluding hydrogens is 348 g/mol. The summed E-state index contributed by atoms with van der Waals surface area (Å²) in [4.78, 5) is 25.8. The lowest BCUT2D eigenvalue weighted by Crippen LogP contribution is -2.27. The molecule has 0 radical (unpaired) electrons. The second-order valence-electron chi connectivity index (χ2n) is 7.20. The van der Waals surface area contributed by atoms with Crippen molar-refractivity contribution in [2.75, 3.05) is 0 Å². The largest absolute Gasteiger partial charge is 0.460 e. The molecule has 1 aliphatic rings. The average Bonchev–Trinajstić information content (AvgIpc) is 3.11. The van der Waals surface area contributed by atoms with E-state index in [1.54, 1.807) is 0 Å². The Labute approximate surface area is 165 Å². The smallest absolute Gasteiger partial charge is 0.317 e. The van der Waals surface area contributed by atoms with Crippen LogP contribution in [0.3, 0.4) is 0 Å². The summed E-state index contributed by atoms with van der Waals surface area (Å²) < 4.78 is 5.56. The van der Waals surface area contributed by atoms with Crippen molar-refractivity contribution in [1.29, 1.82) is 0 Å². The minimum Gasteiger partial charge on any atom is -0.460 e. The van der Waals surface area contributed by atoms with E-state index < -0.39 is 11.9 Å². The van der Waals surface area contributed by atoms with E-state index in [1.807, 2.05) is 91.0 Å². The highest BCUT2D eigenvalue weighted by molar-refractivity contribution is 6.02. The van der Waals surface area contributed by atoms with Crippen molar-refractivity contribution in [3.8, 4) is 0 Å². The van der Waals surface area contributed by atoms with Crippen LogP contribution in [0.5, 0.6) is 0 Å². The molecule has 3 heteroatoms. The first-order chi connectivity index (χ1) is 13.7. The molecule has 3 aromatic rings. The summed E-state index contributed by atoms with van der Waals surface area (Å²) in [5, 5.41) is 0. The van der Waals surface area contributed by atoms with Crippen LogP contribution in [0.1, 0.15) is 34.9 Å². The van der Waals surface area contributed by atoms with Gasteiger partial charge in [-0.2, -0.15) is 0 Å². The summed E-state index contributed by atoms with van der Waals surface area (Å²) in [6, 6.07) is 29.4. The predicted molar refractivity (Wildman–Crippen MR) is 108 cm³/mol. The van der Waals surface area contributed by atoms with E-state index >= 15 is 0 Å². The van der Waals surface area contributed by atoms with Crippen molar-refractivity contribution in [2.45, 2.75) is 24.9 Å². The van der Waals surface area contributed by atoms with Gasteiger partial charge in [-0.1, -0.05) is 91.0 Å². The van der Waals surface area contributed by atoms with Crippen LogP contribution in [0.15, 0.2) is 91.0 Å². The summed E-state index contributed by atoms with van der Waals surface area (Å²) in [7, 11) is 0. The van der Waals surface area contributed by atoms with Crippen molar-refractivity contribution in [1.82, 2.24) is 0 Å². The van der Waals surface area contributed by atoms with Crippen molar-refractivity contribution < 1.29 is 14.3 Å². The Morgan fingerprint density at radius 1 is 0.786 bits per heavy atom. The van der Waals surface area contributed by atoms with E-state index in [1.165, 1.54) is 0 Å². The van der Waals surface area contributed by atoms with E-state index in [0.29, 0.717) is 6.42 Å². The van der Waals surface area contributed by atoms with Crippen LogP contribution < -0.4 is 0 Å². The standard InChI is InChI=1S/C25H22O3/c26-22-16-21(19-12-6-2-7-13-19)23(20-14-8-3-9-15-20)24(22)25(27)28-17-18-10-4-1-5-11-18/h1-15,21,23-24H,16-17H2/t21-,23+,24+/m0/s1. The molecule has 0 bridgehead atoms. The third-order valence-corrected chi connectivity index (χ3v) is 5.45. The van der Waals surface area contributed by atoms with Crippen LogP contribution in [-0.4, -0.2) is 11.8 Å². The van der Waals surface area contributed by atoms with Gasteiger partial charge in [0.25, 0.3) is 0 Å². The Morgan fingerprint density at radius 2 is 1.32 bits per heavy atom. The number of esters is 1. The van der Waals surface area contributed by atoms with Crippen LogP contribution in [0.2, 0.25) is 0 Å². The number of hydrogen-bond donors (Lipinski definition) is 0. The Morgan fingerprint density at radius 3 is 1.93 bits per heavy atom. The molecule has 0 saturated heterocycles. The highest BCUT2D eigenvalue weighted by atomic mass is 16.5. The molecule has 0 spiro atoms. The molecule has 1 aliphatic carbocycles. The maximum atomic E-state index is 12.9. The fraction of sp³-hybridized carbons (Fsp3) is 0.200. The third kappa shape index (κ3) is 3.74. The summed E-state index contributed by atoms with van der Waals surface area (Å²) in [6.07, 6.45) is 0.356. The summed E-state index contributed by atoms with van der Waals surface area (Å²) >= 11 is 0. The molecular formula is C25H22O3. The van der Waals surface area contributed by atoms with Gasteiger partial charge in [-0.25, -0.2) is 0 Å². The molecule has 1 saturated carbocycles. The van der Waals surface area contributed by atoms with Gasteiger partial charge in [-0.3, -0.25) is 9.59 Å². The van der Waals surface area contributed by atoms with Gasteiger partial charge in [0.15, 0.2) is 0 Å². The predicted octanol–water partition coefficient (Wildman–Crippen LogP) is 4.89. The van der Waals surface area contributed by atoms with E-state index in [0.717, 1.165) is 16.7 Å². The van der Waals surface area contributed by atoms with Gasteiger partial charge < -0.3 is 4.74 Å². The molecule has 0 unspecified atom stereocenters. The number of carbonyl (C=O) groups excluding carboxylic acids is 2. The molecule has 0 N–H and O–H groups in total. The zero-order chi connectivity index (χ0) is 19.3. The van der Waals surface area contributed by atoms with Crippen molar-refractivity contribution in [3.63, 3.8) is 0 Å². The lowest BCUT2D eigenvalue weighted by Gasteiger charge is -2.24. The number of Topliss-reactive ketones (excluding diaryl/α,β-unsaturated/α-hetero) is 1. The number of ketones is 1. The van der Waals surface area contributed by atoms with Gasteiger partial charge in [0, 0.05) is 12.3 Å². The topological polar surface area (TPSA) is 43.4 Å². The van der Waals surface area contributed by atoms with Gasteiger partial charge >= 0.3 is 5.97 Å². The van der Waals surface area contributed by atoms with Gasteiger partial charge in [0.1, 0.15) is 18.3 Å². The minimum absolute atomic E-state index is 0.0228. The second-order valence-corrected chi connectivity index (χ2v) is 7.20. The minimum atomic E-state index is -0.767. The van der Waals surface area contributed by atoms with E-state index in [4.69, 9.17) is 4.74 Å². The number of benzene rings is 3. The Kier molecular flexibility index (Phi) is 5.34. The summed E-state index contributed by atoms with van der Waals surface area (Å²) in [5.74, 6) is -1.47. The van der Waals surface area contributed by atoms with Crippen LogP contribution >= 0.6 is 0 Å². The molecule has 3 atom stereocenters. The summed E-state index contributed by atoms with van der Waals surface area (Å²) in [5.41, 5.74) is 3.00. The van der Waals surface area contributed by atoms with E-state index in [-0.39, 0.29) is 24.2 Å². The maximum Gasteiger partial charge on any atom is 0.317 e. The van der Waals surface area contributed by atoms with Crippen molar-refractivity contribution in [3.05, 3.63) is 108 Å². The number of rotatable bonds is 5. The number of carbonyl (C=O) groups is 2. The fourth-order valence-corrected chi connectivity index (χ4v) is 4.13.